The molecule has 0 aromatic heterocycles. The van der Waals surface area contributed by atoms with Gasteiger partial charge in [-0.2, -0.15) is 0 Å². The summed E-state index contributed by atoms with van der Waals surface area (Å²) in [7, 11) is 0. The van der Waals surface area contributed by atoms with Gasteiger partial charge >= 0.3 is 0 Å². The van der Waals surface area contributed by atoms with E-state index < -0.39 is 4.92 Å². The lowest BCUT2D eigenvalue weighted by Crippen LogP contribution is -2.50. The summed E-state index contributed by atoms with van der Waals surface area (Å²) in [5.74, 6) is 0.586. The van der Waals surface area contributed by atoms with Crippen LogP contribution in [0.15, 0.2) is 42.5 Å². The van der Waals surface area contributed by atoms with Crippen LogP contribution in [-0.4, -0.2) is 48.5 Å². The number of carbonyl (C=O) groups is 1. The van der Waals surface area contributed by atoms with E-state index in [0.717, 1.165) is 5.56 Å². The molecule has 1 fully saturated rings. The molecule has 0 radical (unpaired) electrons. The quantitative estimate of drug-likeness (QED) is 0.579. The van der Waals surface area contributed by atoms with Crippen LogP contribution in [0.25, 0.3) is 0 Å². The number of anilines is 1. The fourth-order valence-electron chi connectivity index (χ4n) is 3.09. The number of nitrogens with zero attached hydrogens (tertiary/aromatic N) is 3. The summed E-state index contributed by atoms with van der Waals surface area (Å²) in [4.78, 5) is 26.8. The molecule has 27 heavy (non-hydrogen) atoms. The number of benzene rings is 2. The molecule has 2 aromatic rings. The first kappa shape index (κ1) is 19.0. The van der Waals surface area contributed by atoms with Crippen molar-refractivity contribution in [3.05, 3.63) is 63.2 Å². The lowest BCUT2D eigenvalue weighted by molar-refractivity contribution is -0.384. The zero-order valence-corrected chi connectivity index (χ0v) is 15.7. The van der Waals surface area contributed by atoms with Crippen LogP contribution in [0.5, 0.6) is 5.75 Å². The highest BCUT2D eigenvalue weighted by Crippen LogP contribution is 2.35. The second kappa shape index (κ2) is 8.26. The van der Waals surface area contributed by atoms with Crippen LogP contribution < -0.4 is 9.64 Å². The van der Waals surface area contributed by atoms with Crippen LogP contribution in [0.2, 0.25) is 5.02 Å². The van der Waals surface area contributed by atoms with Crippen LogP contribution >= 0.6 is 11.6 Å². The highest BCUT2D eigenvalue weighted by molar-refractivity contribution is 6.33. The van der Waals surface area contributed by atoms with Crippen LogP contribution in [0.4, 0.5) is 11.4 Å². The first-order valence-electron chi connectivity index (χ1n) is 8.61. The largest absolute Gasteiger partial charge is 0.484 e. The standard InChI is InChI=1S/C19H20ClN3O4/c1-14-5-2-3-8-17(14)27-13-18(24)21-9-11-22(12-10-21)19-15(20)6-4-7-16(19)23(25)26/h2-8H,9-13H2,1H3. The average Bonchev–Trinajstić information content (AvgIpc) is 2.67. The van der Waals surface area contributed by atoms with Gasteiger partial charge in [-0.05, 0) is 24.6 Å². The van der Waals surface area contributed by atoms with Gasteiger partial charge in [-0.15, -0.1) is 0 Å². The number of nitro groups is 1. The van der Waals surface area contributed by atoms with Gasteiger partial charge in [0.1, 0.15) is 11.4 Å². The minimum absolute atomic E-state index is 0.0230. The summed E-state index contributed by atoms with van der Waals surface area (Å²) in [5.41, 5.74) is 1.36. The lowest BCUT2D eigenvalue weighted by atomic mass is 10.2. The van der Waals surface area contributed by atoms with Gasteiger partial charge in [0.2, 0.25) is 0 Å². The first-order chi connectivity index (χ1) is 13.0. The van der Waals surface area contributed by atoms with Gasteiger partial charge in [0, 0.05) is 32.2 Å². The van der Waals surface area contributed by atoms with Crippen molar-refractivity contribution < 1.29 is 14.5 Å². The van der Waals surface area contributed by atoms with Gasteiger partial charge in [0.05, 0.1) is 9.95 Å². The van der Waals surface area contributed by atoms with Gasteiger partial charge in [-0.3, -0.25) is 14.9 Å². The number of hydrogen-bond donors (Lipinski definition) is 0. The minimum atomic E-state index is -0.436. The molecule has 1 aliphatic heterocycles. The third-order valence-electron chi connectivity index (χ3n) is 4.56. The van der Waals surface area contributed by atoms with E-state index in [1.165, 1.54) is 6.07 Å². The Kier molecular flexibility index (Phi) is 5.81. The van der Waals surface area contributed by atoms with Crippen molar-refractivity contribution in [3.63, 3.8) is 0 Å². The molecule has 0 saturated carbocycles. The summed E-state index contributed by atoms with van der Waals surface area (Å²) >= 11 is 6.19. The number of aryl methyl sites for hydroxylation is 1. The molecule has 0 aliphatic carbocycles. The van der Waals surface area contributed by atoms with Gasteiger partial charge < -0.3 is 14.5 Å². The Bertz CT molecular complexity index is 851. The number of para-hydroxylation sites is 2. The van der Waals surface area contributed by atoms with Gasteiger partial charge in [0.15, 0.2) is 6.61 Å². The van der Waals surface area contributed by atoms with Crippen LogP contribution in [0.3, 0.4) is 0 Å². The SMILES string of the molecule is Cc1ccccc1OCC(=O)N1CCN(c2c(Cl)cccc2[N+](=O)[O-])CC1. The van der Waals surface area contributed by atoms with E-state index in [1.54, 1.807) is 17.0 Å². The van der Waals surface area contributed by atoms with E-state index in [1.807, 2.05) is 36.1 Å². The van der Waals surface area contributed by atoms with E-state index in [2.05, 4.69) is 0 Å². The van der Waals surface area contributed by atoms with E-state index in [9.17, 15) is 14.9 Å². The molecule has 8 heteroatoms. The van der Waals surface area contributed by atoms with E-state index >= 15 is 0 Å². The van der Waals surface area contributed by atoms with E-state index in [-0.39, 0.29) is 18.2 Å². The normalized spacial score (nSPS) is 14.1. The summed E-state index contributed by atoms with van der Waals surface area (Å²) < 4.78 is 5.62. The Hall–Kier alpha value is -2.80. The molecule has 1 saturated heterocycles. The molecule has 1 amide bonds. The molecule has 2 aromatic carbocycles. The molecule has 0 spiro atoms. The highest BCUT2D eigenvalue weighted by atomic mass is 35.5. The highest BCUT2D eigenvalue weighted by Gasteiger charge is 2.27. The number of rotatable bonds is 5. The molecule has 0 bridgehead atoms. The summed E-state index contributed by atoms with van der Waals surface area (Å²) in [5, 5.41) is 11.6. The van der Waals surface area contributed by atoms with Crippen LogP contribution in [0, 0.1) is 17.0 Å². The Balaban J connectivity index is 1.60. The van der Waals surface area contributed by atoms with Crippen molar-refractivity contribution in [2.75, 3.05) is 37.7 Å². The molecule has 7 nitrogen and oxygen atoms in total. The molecule has 0 unspecified atom stereocenters. The van der Waals surface area contributed by atoms with E-state index in [0.29, 0.717) is 42.6 Å². The Morgan fingerprint density at radius 3 is 2.52 bits per heavy atom. The number of nitro benzene ring substituents is 1. The number of ether oxygens (including phenoxy) is 1. The fourth-order valence-corrected chi connectivity index (χ4v) is 3.38. The molecule has 0 N–H and O–H groups in total. The number of hydrogen-bond acceptors (Lipinski definition) is 5. The zero-order valence-electron chi connectivity index (χ0n) is 14.9. The maximum absolute atomic E-state index is 12.4. The summed E-state index contributed by atoms with van der Waals surface area (Å²) in [6, 6.07) is 12.2. The maximum atomic E-state index is 12.4. The predicted octanol–water partition coefficient (Wildman–Crippen LogP) is 3.28. The molecule has 3 rings (SSSR count). The molecule has 1 heterocycles. The van der Waals surface area contributed by atoms with Crippen molar-refractivity contribution >= 4 is 28.9 Å². The summed E-state index contributed by atoms with van der Waals surface area (Å²) in [6.45, 7) is 3.75. The number of piperazine rings is 1. The topological polar surface area (TPSA) is 75.9 Å². The maximum Gasteiger partial charge on any atom is 0.294 e. The monoisotopic (exact) mass is 389 g/mol. The van der Waals surface area contributed by atoms with Crippen molar-refractivity contribution in [2.45, 2.75) is 6.92 Å². The second-order valence-electron chi connectivity index (χ2n) is 6.29. The molecular weight excluding hydrogens is 370 g/mol. The number of amides is 1. The Labute approximate surface area is 162 Å². The van der Waals surface area contributed by atoms with E-state index in [4.69, 9.17) is 16.3 Å². The number of carbonyl (C=O) groups excluding carboxylic acids is 1. The lowest BCUT2D eigenvalue weighted by Gasteiger charge is -2.36. The molecule has 142 valence electrons. The zero-order chi connectivity index (χ0) is 19.4. The van der Waals surface area contributed by atoms with Gasteiger partial charge in [-0.25, -0.2) is 0 Å². The number of halogens is 1. The summed E-state index contributed by atoms with van der Waals surface area (Å²) in [6.07, 6.45) is 0. The molecule has 0 atom stereocenters. The predicted molar refractivity (Wildman–Crippen MR) is 104 cm³/mol. The third-order valence-corrected chi connectivity index (χ3v) is 4.86. The minimum Gasteiger partial charge on any atom is -0.484 e. The molecule has 1 aliphatic rings. The second-order valence-corrected chi connectivity index (χ2v) is 6.69. The van der Waals surface area contributed by atoms with Crippen molar-refractivity contribution in [3.8, 4) is 5.75 Å². The third kappa shape index (κ3) is 4.31. The van der Waals surface area contributed by atoms with Crippen LogP contribution in [-0.2, 0) is 4.79 Å². The fraction of sp³-hybridized carbons (Fsp3) is 0.316. The average molecular weight is 390 g/mol. The van der Waals surface area contributed by atoms with Gasteiger partial charge in [-0.1, -0.05) is 35.9 Å². The van der Waals surface area contributed by atoms with Crippen molar-refractivity contribution in [1.82, 2.24) is 4.90 Å². The van der Waals surface area contributed by atoms with Crippen molar-refractivity contribution in [2.24, 2.45) is 0 Å². The van der Waals surface area contributed by atoms with Gasteiger partial charge in [0.25, 0.3) is 11.6 Å². The van der Waals surface area contributed by atoms with Crippen molar-refractivity contribution in [1.29, 1.82) is 0 Å². The van der Waals surface area contributed by atoms with Crippen LogP contribution in [0.1, 0.15) is 5.56 Å². The first-order valence-corrected chi connectivity index (χ1v) is 8.99. The Morgan fingerprint density at radius 1 is 1.15 bits per heavy atom. The smallest absolute Gasteiger partial charge is 0.294 e. The molecular formula is C19H20ClN3O4. The Morgan fingerprint density at radius 2 is 1.85 bits per heavy atom.